The van der Waals surface area contributed by atoms with Crippen LogP contribution in [0, 0.1) is 0 Å². The van der Waals surface area contributed by atoms with Crippen molar-refractivity contribution in [2.24, 2.45) is 0 Å². The van der Waals surface area contributed by atoms with Crippen molar-refractivity contribution >= 4 is 64.9 Å². The second-order valence-electron chi connectivity index (χ2n) is 6.50. The normalized spacial score (nSPS) is 8.85. The number of sulfone groups is 1. The predicted octanol–water partition coefficient (Wildman–Crippen LogP) is 3.55. The van der Waals surface area contributed by atoms with E-state index in [-0.39, 0.29) is 5.78 Å². The number of carbonyl (C=O) groups is 1. The SMILES string of the molecule is CC(C)=O.CC(C)=S.CP(C)(C)=O.CS(C)(=O)=O.CS(C)=O.[CH3][Ge]([CH3])=[O]. The molecule has 11 heteroatoms. The summed E-state index contributed by atoms with van der Waals surface area (Å²) in [5, 5.41) is 0. The van der Waals surface area contributed by atoms with E-state index >= 15 is 0 Å². The van der Waals surface area contributed by atoms with Crippen LogP contribution in [-0.2, 0) is 33.8 Å². The van der Waals surface area contributed by atoms with Crippen molar-refractivity contribution in [2.75, 3.05) is 45.0 Å². The van der Waals surface area contributed by atoms with Gasteiger partial charge in [-0.05, 0) is 52.6 Å². The van der Waals surface area contributed by atoms with E-state index in [2.05, 4.69) is 12.2 Å². The van der Waals surface area contributed by atoms with E-state index in [4.69, 9.17) is 0 Å². The van der Waals surface area contributed by atoms with Gasteiger partial charge in [-0.15, -0.1) is 0 Å². The van der Waals surface area contributed by atoms with Crippen molar-refractivity contribution < 1.29 is 25.8 Å². The van der Waals surface area contributed by atoms with Crippen LogP contribution in [0.3, 0.4) is 0 Å². The van der Waals surface area contributed by atoms with Gasteiger partial charge in [0, 0.05) is 35.8 Å². The average molecular weight is 515 g/mol. The van der Waals surface area contributed by atoms with Crippen LogP contribution >= 0.6 is 19.4 Å². The number of carbonyl (C=O) groups excluding carboxylic acids is 1. The molecule has 0 aliphatic rings. The number of thiocarbonyl (C=S) groups is 1. The van der Waals surface area contributed by atoms with E-state index in [1.54, 1.807) is 44.0 Å². The third kappa shape index (κ3) is 71600. The van der Waals surface area contributed by atoms with Crippen LogP contribution in [0.15, 0.2) is 0 Å². The fourth-order valence-corrected chi connectivity index (χ4v) is 0. The van der Waals surface area contributed by atoms with Crippen LogP contribution in [0.2, 0.25) is 11.5 Å². The minimum atomic E-state index is -2.67. The van der Waals surface area contributed by atoms with E-state index in [9.17, 15) is 25.8 Å². The molecule has 0 amide bonds. The summed E-state index contributed by atoms with van der Waals surface area (Å²) in [6.07, 6.45) is 5.60. The van der Waals surface area contributed by atoms with Crippen molar-refractivity contribution in [3.63, 3.8) is 0 Å². The topological polar surface area (TPSA) is 102 Å². The van der Waals surface area contributed by atoms with Gasteiger partial charge in [-0.1, -0.05) is 12.2 Å². The van der Waals surface area contributed by atoms with Crippen LogP contribution in [-0.4, -0.2) is 82.6 Å². The second kappa shape index (κ2) is 25.4. The van der Waals surface area contributed by atoms with Crippen LogP contribution in [0.1, 0.15) is 27.7 Å². The zero-order valence-corrected chi connectivity index (χ0v) is 24.1. The van der Waals surface area contributed by atoms with Gasteiger partial charge in [0.25, 0.3) is 0 Å². The van der Waals surface area contributed by atoms with E-state index in [1.165, 1.54) is 13.8 Å². The van der Waals surface area contributed by atoms with Gasteiger partial charge in [0.1, 0.15) is 15.6 Å². The summed E-state index contributed by atoms with van der Waals surface area (Å²) in [7, 11) is -4.92. The van der Waals surface area contributed by atoms with Gasteiger partial charge in [-0.25, -0.2) is 8.42 Å². The molecule has 6 nitrogen and oxygen atoms in total. The van der Waals surface area contributed by atoms with E-state index in [0.717, 1.165) is 17.4 Å². The average Bonchev–Trinajstić information content (AvgIpc) is 2.03. The van der Waals surface area contributed by atoms with Crippen LogP contribution in [0.5, 0.6) is 0 Å². The molecule has 0 spiro atoms. The standard InChI is InChI=1S/C3H9OP.C3H6O.C3H6S.C2H6GeO.C2H6O2S.C2H6OS/c1-5(2,3)4;3*1-3(2)4;1-5(2,3)4;1-4(2)3/h1-3H3;3*1-2H3;1-2H3;1-2H3. The van der Waals surface area contributed by atoms with Gasteiger partial charge in [0.2, 0.25) is 0 Å². The first-order chi connectivity index (χ1) is 10.9. The Balaban J connectivity index is -0.0000000463. The van der Waals surface area contributed by atoms with Crippen molar-refractivity contribution in [3.8, 4) is 0 Å². The molecule has 162 valence electrons. The number of Topliss-reactive ketones (excluding diaryl/α,β-unsaturated/α-hetero) is 1. The van der Waals surface area contributed by atoms with Crippen LogP contribution < -0.4 is 0 Å². The summed E-state index contributed by atoms with van der Waals surface area (Å²) >= 11 is 2.95. The summed E-state index contributed by atoms with van der Waals surface area (Å²) in [4.78, 5) is 10.4. The Hall–Kier alpha value is 0.433. The zero-order valence-electron chi connectivity index (χ0n) is 18.6. The van der Waals surface area contributed by atoms with Gasteiger partial charge < -0.3 is 9.36 Å². The molecule has 0 aliphatic carbocycles. The second-order valence-corrected chi connectivity index (χ2v) is 18.7. The van der Waals surface area contributed by atoms with Crippen molar-refractivity contribution in [1.29, 1.82) is 0 Å². The summed E-state index contributed by atoms with van der Waals surface area (Å²) in [6, 6.07) is 0. The molecule has 0 aliphatic heterocycles. The third-order valence-corrected chi connectivity index (χ3v) is 0. The molecule has 0 heterocycles. The zero-order chi connectivity index (χ0) is 23.3. The molecular formula is C15H39GeO6PS3. The van der Waals surface area contributed by atoms with Crippen molar-refractivity contribution in [1.82, 2.24) is 0 Å². The summed E-state index contributed by atoms with van der Waals surface area (Å²) in [6.45, 7) is 12.1. The number of hydrogen-bond acceptors (Lipinski definition) is 7. The molecule has 0 radical (unpaired) electrons. The summed E-state index contributed by atoms with van der Waals surface area (Å²) in [5.41, 5.74) is 0. The molecule has 0 fully saturated rings. The van der Waals surface area contributed by atoms with Crippen LogP contribution in [0.25, 0.3) is 0 Å². The number of rotatable bonds is 0. The van der Waals surface area contributed by atoms with E-state index < -0.39 is 42.1 Å². The fourth-order valence-electron chi connectivity index (χ4n) is 0. The molecule has 0 bridgehead atoms. The van der Waals surface area contributed by atoms with Crippen LogP contribution in [0.4, 0.5) is 0 Å². The molecule has 0 saturated carbocycles. The van der Waals surface area contributed by atoms with E-state index in [1.807, 2.05) is 13.8 Å². The first-order valence-corrected chi connectivity index (χ1v) is 20.0. The van der Waals surface area contributed by atoms with Gasteiger partial charge in [0.05, 0.1) is 7.14 Å². The van der Waals surface area contributed by atoms with Gasteiger partial charge in [-0.3, -0.25) is 4.21 Å². The quantitative estimate of drug-likeness (QED) is 0.276. The van der Waals surface area contributed by atoms with E-state index in [0.29, 0.717) is 0 Å². The molecule has 0 aromatic heterocycles. The van der Waals surface area contributed by atoms with Gasteiger partial charge in [0.15, 0.2) is 0 Å². The Morgan fingerprint density at radius 1 is 0.962 bits per heavy atom. The Kier molecular flexibility index (Phi) is 40.1. The van der Waals surface area contributed by atoms with Crippen molar-refractivity contribution in [2.45, 2.75) is 39.2 Å². The number of hydrogen-bond donors (Lipinski definition) is 0. The predicted molar refractivity (Wildman–Crippen MR) is 125 cm³/mol. The first kappa shape index (κ1) is 41.0. The molecular weight excluding hydrogens is 476 g/mol. The first-order valence-electron chi connectivity index (χ1n) is 7.27. The van der Waals surface area contributed by atoms with Crippen molar-refractivity contribution in [3.05, 3.63) is 0 Å². The fraction of sp³-hybridized carbons (Fsp3) is 0.867. The Morgan fingerprint density at radius 3 is 0.962 bits per heavy atom. The summed E-state index contributed by atoms with van der Waals surface area (Å²) < 4.78 is 48.7. The monoisotopic (exact) mass is 516 g/mol. The van der Waals surface area contributed by atoms with Gasteiger partial charge >= 0.3 is 29.6 Å². The molecule has 0 atom stereocenters. The molecule has 26 heavy (non-hydrogen) atoms. The molecule has 0 N–H and O–H groups in total. The third-order valence-electron chi connectivity index (χ3n) is 0. The van der Waals surface area contributed by atoms with Gasteiger partial charge in [-0.2, -0.15) is 0 Å². The molecule has 0 unspecified atom stereocenters. The molecule has 0 aromatic carbocycles. The number of ketones is 1. The molecule has 0 aromatic rings. The maximum atomic E-state index is 10.2. The Morgan fingerprint density at radius 2 is 0.962 bits per heavy atom. The maximum absolute atomic E-state index is 10.2. The minimum absolute atomic E-state index is 0.167. The summed E-state index contributed by atoms with van der Waals surface area (Å²) in [5.74, 6) is 3.72. The molecule has 0 saturated heterocycles. The Labute approximate surface area is 174 Å². The molecule has 0 rings (SSSR count). The Bertz CT molecular complexity index is 459.